The molecular formula is C26H31N3O5. The van der Waals surface area contributed by atoms with Crippen molar-refractivity contribution in [3.8, 4) is 5.75 Å². The number of hydrogen-bond acceptors (Lipinski definition) is 6. The Bertz CT molecular complexity index is 1010. The molecule has 5 rings (SSSR count). The zero-order valence-electron chi connectivity index (χ0n) is 19.4. The van der Waals surface area contributed by atoms with E-state index < -0.39 is 5.60 Å². The number of benzene rings is 2. The van der Waals surface area contributed by atoms with Gasteiger partial charge in [0.1, 0.15) is 24.6 Å². The molecule has 180 valence electrons. The fourth-order valence-electron chi connectivity index (χ4n) is 4.84. The van der Waals surface area contributed by atoms with Crippen molar-refractivity contribution >= 4 is 17.5 Å². The van der Waals surface area contributed by atoms with Crippen molar-refractivity contribution in [2.75, 3.05) is 70.6 Å². The van der Waals surface area contributed by atoms with E-state index in [0.717, 1.165) is 38.5 Å². The number of carbonyl (C=O) groups is 2. The van der Waals surface area contributed by atoms with Gasteiger partial charge in [-0.25, -0.2) is 0 Å². The van der Waals surface area contributed by atoms with Crippen LogP contribution in [0.25, 0.3) is 0 Å². The van der Waals surface area contributed by atoms with Crippen molar-refractivity contribution < 1.29 is 23.8 Å². The first-order valence-corrected chi connectivity index (χ1v) is 11.9. The fraction of sp³-hybridized carbons (Fsp3) is 0.462. The number of para-hydroxylation sites is 1. The molecule has 3 heterocycles. The van der Waals surface area contributed by atoms with Gasteiger partial charge in [-0.3, -0.25) is 14.5 Å². The molecule has 0 aromatic heterocycles. The summed E-state index contributed by atoms with van der Waals surface area (Å²) in [6.07, 6.45) is 0.699. The van der Waals surface area contributed by atoms with E-state index in [2.05, 4.69) is 4.90 Å². The van der Waals surface area contributed by atoms with Crippen molar-refractivity contribution in [3.63, 3.8) is 0 Å². The highest BCUT2D eigenvalue weighted by molar-refractivity contribution is 5.96. The molecular weight excluding hydrogens is 434 g/mol. The van der Waals surface area contributed by atoms with Gasteiger partial charge in [0.25, 0.3) is 11.8 Å². The van der Waals surface area contributed by atoms with Gasteiger partial charge in [-0.05, 0) is 36.8 Å². The van der Waals surface area contributed by atoms with Gasteiger partial charge in [0, 0.05) is 37.4 Å². The van der Waals surface area contributed by atoms with Gasteiger partial charge in [0.15, 0.2) is 0 Å². The second-order valence-electron chi connectivity index (χ2n) is 9.09. The van der Waals surface area contributed by atoms with Crippen LogP contribution in [0.2, 0.25) is 0 Å². The predicted molar refractivity (Wildman–Crippen MR) is 127 cm³/mol. The summed E-state index contributed by atoms with van der Waals surface area (Å²) < 4.78 is 17.3. The molecule has 3 saturated heterocycles. The van der Waals surface area contributed by atoms with Crippen molar-refractivity contribution in [2.45, 2.75) is 12.0 Å². The maximum Gasteiger partial charge on any atom is 0.254 e. The monoisotopic (exact) mass is 465 g/mol. The van der Waals surface area contributed by atoms with Crippen LogP contribution in [-0.4, -0.2) is 92.9 Å². The molecule has 8 heteroatoms. The van der Waals surface area contributed by atoms with E-state index in [9.17, 15) is 9.59 Å². The molecule has 3 fully saturated rings. The standard InChI is InChI=1S/C26H31N3O5/c30-24-18-34-26(20-29(24)22-6-2-1-3-7-22)9-10-28(19-26)25(31)21-5-4-8-23(17-21)33-16-13-27-11-14-32-15-12-27/h1-8,17H,9-16,18-20H2/t26-/m1/s1. The second-order valence-corrected chi connectivity index (χ2v) is 9.09. The van der Waals surface area contributed by atoms with Crippen LogP contribution in [0.4, 0.5) is 5.69 Å². The maximum absolute atomic E-state index is 13.3. The molecule has 1 atom stereocenters. The Morgan fingerprint density at radius 1 is 1.00 bits per heavy atom. The van der Waals surface area contributed by atoms with Gasteiger partial charge in [-0.1, -0.05) is 24.3 Å². The maximum atomic E-state index is 13.3. The first-order valence-electron chi connectivity index (χ1n) is 11.9. The number of carbonyl (C=O) groups excluding carboxylic acids is 2. The third kappa shape index (κ3) is 5.09. The quantitative estimate of drug-likeness (QED) is 0.650. The Hall–Kier alpha value is -2.94. The molecule has 3 aliphatic heterocycles. The highest BCUT2D eigenvalue weighted by Crippen LogP contribution is 2.33. The van der Waals surface area contributed by atoms with Crippen LogP contribution in [0, 0.1) is 0 Å². The number of morpholine rings is 2. The number of amides is 2. The average molecular weight is 466 g/mol. The van der Waals surface area contributed by atoms with E-state index in [1.165, 1.54) is 0 Å². The summed E-state index contributed by atoms with van der Waals surface area (Å²) in [6, 6.07) is 17.0. The Morgan fingerprint density at radius 3 is 2.65 bits per heavy atom. The molecule has 3 aliphatic rings. The van der Waals surface area contributed by atoms with Crippen LogP contribution in [0.3, 0.4) is 0 Å². The van der Waals surface area contributed by atoms with E-state index in [4.69, 9.17) is 14.2 Å². The topological polar surface area (TPSA) is 71.5 Å². The molecule has 0 unspecified atom stereocenters. The molecule has 0 bridgehead atoms. The van der Waals surface area contributed by atoms with Crippen LogP contribution >= 0.6 is 0 Å². The summed E-state index contributed by atoms with van der Waals surface area (Å²) in [6.45, 7) is 6.33. The number of anilines is 1. The molecule has 2 amide bonds. The molecule has 34 heavy (non-hydrogen) atoms. The Labute approximate surface area is 200 Å². The van der Waals surface area contributed by atoms with Gasteiger partial charge in [-0.15, -0.1) is 0 Å². The van der Waals surface area contributed by atoms with Crippen LogP contribution in [0.5, 0.6) is 5.75 Å². The lowest BCUT2D eigenvalue weighted by atomic mass is 10.00. The smallest absolute Gasteiger partial charge is 0.254 e. The van der Waals surface area contributed by atoms with Gasteiger partial charge < -0.3 is 24.0 Å². The fourth-order valence-corrected chi connectivity index (χ4v) is 4.84. The van der Waals surface area contributed by atoms with E-state index in [1.54, 1.807) is 4.90 Å². The van der Waals surface area contributed by atoms with E-state index in [-0.39, 0.29) is 18.4 Å². The van der Waals surface area contributed by atoms with Crippen LogP contribution in [0.1, 0.15) is 16.8 Å². The van der Waals surface area contributed by atoms with Gasteiger partial charge in [0.05, 0.1) is 26.3 Å². The molecule has 0 N–H and O–H groups in total. The van der Waals surface area contributed by atoms with Crippen molar-refractivity contribution in [1.82, 2.24) is 9.80 Å². The third-order valence-electron chi connectivity index (χ3n) is 6.78. The van der Waals surface area contributed by atoms with E-state index in [1.807, 2.05) is 59.5 Å². The van der Waals surface area contributed by atoms with Crippen LogP contribution < -0.4 is 9.64 Å². The minimum atomic E-state index is -0.536. The summed E-state index contributed by atoms with van der Waals surface area (Å²) in [5.74, 6) is 0.605. The van der Waals surface area contributed by atoms with Crippen LogP contribution in [0.15, 0.2) is 54.6 Å². The van der Waals surface area contributed by atoms with Gasteiger partial charge >= 0.3 is 0 Å². The van der Waals surface area contributed by atoms with Crippen molar-refractivity contribution in [3.05, 3.63) is 60.2 Å². The summed E-state index contributed by atoms with van der Waals surface area (Å²) in [5, 5.41) is 0. The highest BCUT2D eigenvalue weighted by atomic mass is 16.5. The lowest BCUT2D eigenvalue weighted by Gasteiger charge is -2.40. The Kier molecular flexibility index (Phi) is 6.80. The molecule has 2 aromatic carbocycles. The van der Waals surface area contributed by atoms with E-state index >= 15 is 0 Å². The van der Waals surface area contributed by atoms with Gasteiger partial charge in [-0.2, -0.15) is 0 Å². The van der Waals surface area contributed by atoms with Gasteiger partial charge in [0.2, 0.25) is 0 Å². The number of likely N-dealkylation sites (tertiary alicyclic amines) is 1. The first-order chi connectivity index (χ1) is 16.6. The molecule has 1 spiro atoms. The number of ether oxygens (including phenoxy) is 3. The summed E-state index contributed by atoms with van der Waals surface area (Å²) >= 11 is 0. The summed E-state index contributed by atoms with van der Waals surface area (Å²) in [7, 11) is 0. The summed E-state index contributed by atoms with van der Waals surface area (Å²) in [4.78, 5) is 31.7. The third-order valence-corrected chi connectivity index (χ3v) is 6.78. The summed E-state index contributed by atoms with van der Waals surface area (Å²) in [5.41, 5.74) is 0.931. The molecule has 0 radical (unpaired) electrons. The Morgan fingerprint density at radius 2 is 1.82 bits per heavy atom. The zero-order chi connectivity index (χ0) is 23.4. The average Bonchev–Trinajstić information content (AvgIpc) is 3.30. The van der Waals surface area contributed by atoms with Crippen molar-refractivity contribution in [1.29, 1.82) is 0 Å². The first kappa shape index (κ1) is 22.8. The predicted octanol–water partition coefficient (Wildman–Crippen LogP) is 2.05. The molecule has 0 aliphatic carbocycles. The lowest BCUT2D eigenvalue weighted by Crippen LogP contribution is -2.56. The Balaban J connectivity index is 1.19. The molecule has 8 nitrogen and oxygen atoms in total. The van der Waals surface area contributed by atoms with Crippen LogP contribution in [-0.2, 0) is 14.3 Å². The number of hydrogen-bond donors (Lipinski definition) is 0. The number of rotatable bonds is 6. The lowest BCUT2D eigenvalue weighted by molar-refractivity contribution is -0.137. The minimum absolute atomic E-state index is 0.0311. The molecule has 2 aromatic rings. The normalized spacial score (nSPS) is 23.5. The second kappa shape index (κ2) is 10.1. The highest BCUT2D eigenvalue weighted by Gasteiger charge is 2.46. The number of nitrogens with zero attached hydrogens (tertiary/aromatic N) is 3. The van der Waals surface area contributed by atoms with Crippen molar-refractivity contribution in [2.24, 2.45) is 0 Å². The minimum Gasteiger partial charge on any atom is -0.492 e. The largest absolute Gasteiger partial charge is 0.492 e. The SMILES string of the molecule is O=C(c1cccc(OCCN2CCOCC2)c1)N1CC[C@@]2(C1)CN(c1ccccc1)C(=O)CO2. The van der Waals surface area contributed by atoms with E-state index in [0.29, 0.717) is 44.0 Å². The molecule has 0 saturated carbocycles. The zero-order valence-corrected chi connectivity index (χ0v) is 19.4.